The number of nitrogens with one attached hydrogen (secondary N) is 1. The van der Waals surface area contributed by atoms with Gasteiger partial charge in [0.2, 0.25) is 5.65 Å². The van der Waals surface area contributed by atoms with Gasteiger partial charge < -0.3 is 5.32 Å². The van der Waals surface area contributed by atoms with Crippen LogP contribution in [-0.2, 0) is 13.0 Å². The molecular weight excluding hydrogens is 296 g/mol. The second-order valence-electron chi connectivity index (χ2n) is 5.55. The van der Waals surface area contributed by atoms with Crippen molar-refractivity contribution in [3.05, 3.63) is 33.7 Å². The Kier molecular flexibility index (Phi) is 4.06. The third-order valence-corrected chi connectivity index (χ3v) is 4.55. The lowest BCUT2D eigenvalue weighted by Gasteiger charge is -2.10. The Hall–Kier alpha value is -2.02. The van der Waals surface area contributed by atoms with Crippen LogP contribution < -0.4 is 5.32 Å². The van der Waals surface area contributed by atoms with Crippen LogP contribution in [0.4, 0.5) is 5.69 Å². The molecule has 3 aromatic heterocycles. The number of thiazole rings is 1. The maximum absolute atomic E-state index is 4.57. The van der Waals surface area contributed by atoms with Crippen LogP contribution >= 0.6 is 11.3 Å². The van der Waals surface area contributed by atoms with Crippen molar-refractivity contribution in [1.29, 1.82) is 0 Å². The Morgan fingerprint density at radius 3 is 2.91 bits per heavy atom. The third-order valence-electron chi connectivity index (χ3n) is 3.54. The molecule has 3 aromatic rings. The van der Waals surface area contributed by atoms with Gasteiger partial charge in [0.05, 0.1) is 28.6 Å². The topological polar surface area (TPSA) is 68.0 Å². The molecule has 22 heavy (non-hydrogen) atoms. The number of aromatic nitrogens is 5. The summed E-state index contributed by atoms with van der Waals surface area (Å²) in [5.74, 6) is 0.351. The highest BCUT2D eigenvalue weighted by Crippen LogP contribution is 2.23. The van der Waals surface area contributed by atoms with Crippen LogP contribution in [-0.4, -0.2) is 24.8 Å². The summed E-state index contributed by atoms with van der Waals surface area (Å²) in [5, 5.41) is 17.2. The van der Waals surface area contributed by atoms with E-state index in [0.717, 1.165) is 35.0 Å². The first kappa shape index (κ1) is 14.9. The molecular formula is C15H20N6S. The van der Waals surface area contributed by atoms with Crippen molar-refractivity contribution in [2.24, 2.45) is 0 Å². The van der Waals surface area contributed by atoms with Gasteiger partial charge in [0.15, 0.2) is 0 Å². The fourth-order valence-corrected chi connectivity index (χ4v) is 3.33. The molecule has 0 saturated heterocycles. The molecule has 0 saturated carbocycles. The summed E-state index contributed by atoms with van der Waals surface area (Å²) in [5.41, 5.74) is 3.91. The van der Waals surface area contributed by atoms with E-state index in [-0.39, 0.29) is 0 Å². The van der Waals surface area contributed by atoms with Crippen molar-refractivity contribution in [2.45, 2.75) is 46.6 Å². The van der Waals surface area contributed by atoms with Gasteiger partial charge in [-0.3, -0.25) is 0 Å². The maximum Gasteiger partial charge on any atom is 0.200 e. The number of hydrogen-bond acceptors (Lipinski definition) is 6. The van der Waals surface area contributed by atoms with Gasteiger partial charge in [-0.05, 0) is 25.3 Å². The number of nitrogens with zero attached hydrogens (tertiary/aromatic N) is 5. The summed E-state index contributed by atoms with van der Waals surface area (Å²) in [6.45, 7) is 9.19. The standard InChI is InChI=1S/C15H20N6S/c1-5-11-14(22-10(4)18-11)7-16-13-6-12(9(2)3)20-21-8-17-19-15(13)21/h6,8-9,16H,5,7H2,1-4H3. The van der Waals surface area contributed by atoms with E-state index < -0.39 is 0 Å². The summed E-state index contributed by atoms with van der Waals surface area (Å²) < 4.78 is 1.73. The molecule has 0 spiro atoms. The van der Waals surface area contributed by atoms with Gasteiger partial charge in [0, 0.05) is 4.88 Å². The zero-order valence-electron chi connectivity index (χ0n) is 13.3. The van der Waals surface area contributed by atoms with E-state index in [9.17, 15) is 0 Å². The van der Waals surface area contributed by atoms with Crippen LogP contribution in [0, 0.1) is 6.92 Å². The van der Waals surface area contributed by atoms with Crippen LogP contribution in [0.1, 0.15) is 48.0 Å². The van der Waals surface area contributed by atoms with E-state index in [1.165, 1.54) is 10.6 Å². The van der Waals surface area contributed by atoms with Crippen molar-refractivity contribution in [3.63, 3.8) is 0 Å². The average molecular weight is 316 g/mol. The monoisotopic (exact) mass is 316 g/mol. The highest BCUT2D eigenvalue weighted by Gasteiger charge is 2.12. The summed E-state index contributed by atoms with van der Waals surface area (Å²) in [7, 11) is 0. The highest BCUT2D eigenvalue weighted by molar-refractivity contribution is 7.11. The Bertz CT molecular complexity index is 789. The molecule has 0 fully saturated rings. The number of aryl methyl sites for hydroxylation is 2. The van der Waals surface area contributed by atoms with Gasteiger partial charge in [0.1, 0.15) is 6.33 Å². The van der Waals surface area contributed by atoms with Crippen LogP contribution in [0.5, 0.6) is 0 Å². The van der Waals surface area contributed by atoms with E-state index in [0.29, 0.717) is 5.92 Å². The zero-order valence-corrected chi connectivity index (χ0v) is 14.1. The lowest BCUT2D eigenvalue weighted by atomic mass is 10.1. The summed E-state index contributed by atoms with van der Waals surface area (Å²) in [6, 6.07) is 2.06. The van der Waals surface area contributed by atoms with Crippen LogP contribution in [0.2, 0.25) is 0 Å². The fourth-order valence-electron chi connectivity index (χ4n) is 2.36. The van der Waals surface area contributed by atoms with Gasteiger partial charge >= 0.3 is 0 Å². The predicted octanol–water partition coefficient (Wildman–Crippen LogP) is 3.19. The normalized spacial score (nSPS) is 11.5. The third kappa shape index (κ3) is 2.81. The molecule has 3 heterocycles. The minimum Gasteiger partial charge on any atom is -0.377 e. The van der Waals surface area contributed by atoms with E-state index in [4.69, 9.17) is 0 Å². The van der Waals surface area contributed by atoms with Crippen LogP contribution in [0.3, 0.4) is 0 Å². The smallest absolute Gasteiger partial charge is 0.200 e. The van der Waals surface area contributed by atoms with E-state index >= 15 is 0 Å². The zero-order chi connectivity index (χ0) is 15.7. The largest absolute Gasteiger partial charge is 0.377 e. The molecule has 0 aliphatic heterocycles. The molecule has 6 nitrogen and oxygen atoms in total. The second kappa shape index (κ2) is 6.00. The predicted molar refractivity (Wildman–Crippen MR) is 88.4 cm³/mol. The summed E-state index contributed by atoms with van der Waals surface area (Å²) >= 11 is 1.74. The van der Waals surface area contributed by atoms with Gasteiger partial charge in [-0.1, -0.05) is 20.8 Å². The molecule has 0 bridgehead atoms. The Balaban J connectivity index is 1.91. The van der Waals surface area contributed by atoms with Crippen molar-refractivity contribution >= 4 is 22.7 Å². The number of anilines is 1. The average Bonchev–Trinajstić information content (AvgIpc) is 3.10. The minimum absolute atomic E-state index is 0.351. The maximum atomic E-state index is 4.57. The quantitative estimate of drug-likeness (QED) is 0.783. The Labute approximate surface area is 133 Å². The SMILES string of the molecule is CCc1nc(C)sc1CNc1cc(C(C)C)nn2cnnc12. The van der Waals surface area contributed by atoms with Crippen LogP contribution in [0.25, 0.3) is 5.65 Å². The lowest BCUT2D eigenvalue weighted by molar-refractivity contribution is 0.762. The lowest BCUT2D eigenvalue weighted by Crippen LogP contribution is -2.06. The number of hydrogen-bond donors (Lipinski definition) is 1. The van der Waals surface area contributed by atoms with E-state index in [1.807, 2.05) is 6.92 Å². The van der Waals surface area contributed by atoms with Crippen LogP contribution in [0.15, 0.2) is 12.4 Å². The molecule has 0 aromatic carbocycles. The van der Waals surface area contributed by atoms with Crippen molar-refractivity contribution in [1.82, 2.24) is 24.8 Å². The first-order valence-corrected chi connectivity index (χ1v) is 8.30. The first-order chi connectivity index (χ1) is 10.6. The highest BCUT2D eigenvalue weighted by atomic mass is 32.1. The molecule has 0 aliphatic carbocycles. The van der Waals surface area contributed by atoms with Gasteiger partial charge in [0.25, 0.3) is 0 Å². The van der Waals surface area contributed by atoms with E-state index in [2.05, 4.69) is 52.4 Å². The molecule has 116 valence electrons. The van der Waals surface area contributed by atoms with Gasteiger partial charge in [-0.2, -0.15) is 9.61 Å². The van der Waals surface area contributed by atoms with Crippen molar-refractivity contribution < 1.29 is 0 Å². The Morgan fingerprint density at radius 1 is 1.36 bits per heavy atom. The van der Waals surface area contributed by atoms with Crippen molar-refractivity contribution in [2.75, 3.05) is 5.32 Å². The first-order valence-electron chi connectivity index (χ1n) is 7.48. The molecule has 0 aliphatic rings. The van der Waals surface area contributed by atoms with Crippen molar-refractivity contribution in [3.8, 4) is 0 Å². The number of rotatable bonds is 5. The Morgan fingerprint density at radius 2 is 2.18 bits per heavy atom. The number of fused-ring (bicyclic) bond motifs is 1. The molecule has 7 heteroatoms. The molecule has 0 amide bonds. The van der Waals surface area contributed by atoms with E-state index in [1.54, 1.807) is 22.2 Å². The van der Waals surface area contributed by atoms with Gasteiger partial charge in [-0.15, -0.1) is 21.5 Å². The molecule has 1 N–H and O–H groups in total. The summed E-state index contributed by atoms with van der Waals surface area (Å²) in [4.78, 5) is 5.85. The second-order valence-corrected chi connectivity index (χ2v) is 6.83. The summed E-state index contributed by atoms with van der Waals surface area (Å²) in [6.07, 6.45) is 2.59. The molecule has 0 unspecified atom stereocenters. The molecule has 0 atom stereocenters. The van der Waals surface area contributed by atoms with Gasteiger partial charge in [-0.25, -0.2) is 4.98 Å². The minimum atomic E-state index is 0.351. The molecule has 0 radical (unpaired) electrons. The molecule has 3 rings (SSSR count). The fraction of sp³-hybridized carbons (Fsp3) is 0.467.